The molecule has 0 amide bonds. The summed E-state index contributed by atoms with van der Waals surface area (Å²) in [6, 6.07) is 6.58. The van der Waals surface area contributed by atoms with E-state index < -0.39 is 0 Å². The average Bonchev–Trinajstić information content (AvgIpc) is 3.72. The number of nitrogens with one attached hydrogen (secondary N) is 2. The number of H-pyrrole nitrogens is 2. The largest absolute Gasteiger partial charge is 0.374 e. The fourth-order valence-electron chi connectivity index (χ4n) is 7.05. The number of aromatic amines is 2. The molecule has 0 fully saturated rings. The maximum atomic E-state index is 13.2. The maximum Gasteiger partial charge on any atom is 0.169 e. The third-order valence-electron chi connectivity index (χ3n) is 9.55. The van der Waals surface area contributed by atoms with Crippen molar-refractivity contribution in [1.82, 2.24) is 19.9 Å². The average molecular weight is 565 g/mol. The van der Waals surface area contributed by atoms with E-state index in [1.54, 1.807) is 0 Å². The number of carbonyl (C=O) groups is 1. The van der Waals surface area contributed by atoms with Gasteiger partial charge in [0.25, 0.3) is 0 Å². The minimum Gasteiger partial charge on any atom is -0.374 e. The smallest absolute Gasteiger partial charge is 0.169 e. The second kappa shape index (κ2) is 11.3. The maximum absolute atomic E-state index is 13.2. The molecule has 6 rings (SSSR count). The van der Waals surface area contributed by atoms with Gasteiger partial charge in [-0.3, -0.25) is 9.78 Å². The van der Waals surface area contributed by atoms with Crippen LogP contribution < -0.4 is 0 Å². The van der Waals surface area contributed by atoms with E-state index in [-0.39, 0.29) is 17.8 Å². The molecule has 2 atom stereocenters. The van der Waals surface area contributed by atoms with Gasteiger partial charge in [0.05, 0.1) is 17.5 Å². The Hall–Kier alpha value is -3.51. The number of rotatable bonds is 8. The van der Waals surface area contributed by atoms with E-state index >= 15 is 0 Å². The first-order valence-corrected chi connectivity index (χ1v) is 15.8. The monoisotopic (exact) mass is 564 g/mol. The van der Waals surface area contributed by atoms with Crippen LogP contribution in [0.1, 0.15) is 123 Å². The number of aryl methyl sites for hydroxylation is 3. The number of hydrogen-bond donors (Lipinski definition) is 2. The summed E-state index contributed by atoms with van der Waals surface area (Å²) in [7, 11) is 0. The lowest BCUT2D eigenvalue weighted by atomic mass is 10.0. The van der Waals surface area contributed by atoms with Crippen LogP contribution >= 0.6 is 0 Å². The first-order valence-electron chi connectivity index (χ1n) is 15.8. The third-order valence-corrected chi connectivity index (χ3v) is 9.55. The van der Waals surface area contributed by atoms with Crippen molar-refractivity contribution in [2.45, 2.75) is 105 Å². The molecular formula is C36H44N4O2. The van der Waals surface area contributed by atoms with Crippen molar-refractivity contribution in [2.24, 2.45) is 0 Å². The molecule has 3 aromatic rings. The summed E-state index contributed by atoms with van der Waals surface area (Å²) in [4.78, 5) is 30.9. The highest BCUT2D eigenvalue weighted by atomic mass is 16.5. The van der Waals surface area contributed by atoms with Crippen LogP contribution in [0.4, 0.5) is 0 Å². The second-order valence-corrected chi connectivity index (χ2v) is 12.4. The first-order chi connectivity index (χ1) is 20.2. The predicted molar refractivity (Wildman–Crippen MR) is 172 cm³/mol. The van der Waals surface area contributed by atoms with E-state index in [1.165, 1.54) is 41.5 Å². The number of allylic oxidation sites excluding steroid dienone is 2. The van der Waals surface area contributed by atoms with Crippen LogP contribution in [0.15, 0.2) is 18.2 Å². The molecular weight excluding hydrogens is 520 g/mol. The molecule has 42 heavy (non-hydrogen) atoms. The van der Waals surface area contributed by atoms with E-state index in [2.05, 4.69) is 69.7 Å². The minimum absolute atomic E-state index is 0.0388. The minimum atomic E-state index is -0.0388. The normalized spacial score (nSPS) is 17.0. The number of carbonyl (C=O) groups excluding carboxylic acids is 1. The lowest BCUT2D eigenvalue weighted by Gasteiger charge is -2.14. The quantitative estimate of drug-likeness (QED) is 0.269. The van der Waals surface area contributed by atoms with Gasteiger partial charge in [-0.25, -0.2) is 4.98 Å². The van der Waals surface area contributed by atoms with Gasteiger partial charge in [0.2, 0.25) is 0 Å². The number of aromatic nitrogens is 4. The van der Waals surface area contributed by atoms with Crippen molar-refractivity contribution in [1.29, 1.82) is 0 Å². The van der Waals surface area contributed by atoms with Crippen molar-refractivity contribution in [2.75, 3.05) is 6.61 Å². The molecule has 3 aromatic heterocycles. The van der Waals surface area contributed by atoms with Crippen molar-refractivity contribution < 1.29 is 9.53 Å². The number of ether oxygens (including phenoxy) is 1. The highest BCUT2D eigenvalue weighted by Crippen LogP contribution is 2.41. The molecule has 5 heterocycles. The summed E-state index contributed by atoms with van der Waals surface area (Å²) in [5, 5.41) is 0. The first kappa shape index (κ1) is 28.6. The van der Waals surface area contributed by atoms with Gasteiger partial charge in [-0.1, -0.05) is 40.0 Å². The summed E-state index contributed by atoms with van der Waals surface area (Å²) in [5.41, 5.74) is 15.7. The summed E-state index contributed by atoms with van der Waals surface area (Å²) in [5.74, 6) is 0.416. The number of ketones is 1. The lowest BCUT2D eigenvalue weighted by molar-refractivity contribution is -0.112. The Morgan fingerprint density at radius 3 is 2.48 bits per heavy atom. The number of Topliss-reactive ketones (excluding diaryl/α,β-unsaturated/α-hetero) is 1. The van der Waals surface area contributed by atoms with Crippen LogP contribution in [0.5, 0.6) is 0 Å². The fourth-order valence-corrected chi connectivity index (χ4v) is 7.05. The van der Waals surface area contributed by atoms with Gasteiger partial charge in [0.15, 0.2) is 5.78 Å². The topological polar surface area (TPSA) is 83.7 Å². The molecule has 0 radical (unpaired) electrons. The van der Waals surface area contributed by atoms with Crippen LogP contribution in [0, 0.1) is 13.8 Å². The van der Waals surface area contributed by atoms with Crippen molar-refractivity contribution in [3.05, 3.63) is 68.8 Å². The highest BCUT2D eigenvalue weighted by molar-refractivity contribution is 6.32. The number of unbranched alkanes of at least 4 members (excludes halogenated alkanes) is 3. The van der Waals surface area contributed by atoms with Gasteiger partial charge in [-0.15, -0.1) is 0 Å². The zero-order valence-corrected chi connectivity index (χ0v) is 26.3. The molecule has 1 aliphatic carbocycles. The Balaban J connectivity index is 1.63. The van der Waals surface area contributed by atoms with Crippen LogP contribution in [0.25, 0.3) is 33.2 Å². The van der Waals surface area contributed by atoms with Crippen LogP contribution in [-0.2, 0) is 28.8 Å². The molecule has 0 spiro atoms. The number of nitrogens with zero attached hydrogens (tertiary/aromatic N) is 2. The van der Waals surface area contributed by atoms with E-state index in [1.807, 2.05) is 6.92 Å². The molecule has 3 aliphatic rings. The van der Waals surface area contributed by atoms with Crippen molar-refractivity contribution in [3.63, 3.8) is 0 Å². The zero-order chi connectivity index (χ0) is 29.7. The highest BCUT2D eigenvalue weighted by Gasteiger charge is 2.35. The number of fused-ring (bicyclic) bond motifs is 8. The number of hydrogen-bond acceptors (Lipinski definition) is 4. The fraction of sp³-hybridized carbons (Fsp3) is 0.472. The second-order valence-electron chi connectivity index (χ2n) is 12.4. The van der Waals surface area contributed by atoms with Gasteiger partial charge in [0.1, 0.15) is 0 Å². The standard InChI is InChI=1S/C36H44N4O2/c1-8-10-11-12-13-42-23(7)34-21(5)28-16-26-19(3)14-30(37-26)25-15-33(41)35-22(6)29(40-36(25)35)17-31-24(9-2)20(4)27(38-31)18-32(34)39-28/h16-19,23,38-39H,8-15H2,1-7H3. The van der Waals surface area contributed by atoms with Gasteiger partial charge >= 0.3 is 0 Å². The predicted octanol–water partition coefficient (Wildman–Crippen LogP) is 8.55. The van der Waals surface area contributed by atoms with E-state index in [4.69, 9.17) is 14.7 Å². The van der Waals surface area contributed by atoms with Gasteiger partial charge < -0.3 is 14.7 Å². The Morgan fingerprint density at radius 1 is 0.952 bits per heavy atom. The molecule has 6 heteroatoms. The molecule has 0 saturated carbocycles. The molecule has 2 N–H and O–H groups in total. The summed E-state index contributed by atoms with van der Waals surface area (Å²) in [6.07, 6.45) is 6.83. The Labute approximate surface area is 249 Å². The Morgan fingerprint density at radius 2 is 1.71 bits per heavy atom. The summed E-state index contributed by atoms with van der Waals surface area (Å²) in [6.45, 7) is 16.0. The molecule has 6 nitrogen and oxygen atoms in total. The zero-order valence-electron chi connectivity index (χ0n) is 26.3. The Bertz CT molecular complexity index is 1770. The van der Waals surface area contributed by atoms with Crippen molar-refractivity contribution in [3.8, 4) is 0 Å². The van der Waals surface area contributed by atoms with Gasteiger partial charge in [-0.05, 0) is 87.4 Å². The van der Waals surface area contributed by atoms with E-state index in [0.29, 0.717) is 6.42 Å². The summed E-state index contributed by atoms with van der Waals surface area (Å²) >= 11 is 0. The molecule has 220 valence electrons. The summed E-state index contributed by atoms with van der Waals surface area (Å²) < 4.78 is 6.43. The lowest BCUT2D eigenvalue weighted by Crippen LogP contribution is -2.02. The van der Waals surface area contributed by atoms with Crippen LogP contribution in [0.2, 0.25) is 0 Å². The van der Waals surface area contributed by atoms with Crippen LogP contribution in [-0.4, -0.2) is 32.3 Å². The molecule has 8 bridgehead atoms. The molecule has 0 saturated heterocycles. The third kappa shape index (κ3) is 4.84. The van der Waals surface area contributed by atoms with Crippen molar-refractivity contribution >= 4 is 39.0 Å². The van der Waals surface area contributed by atoms with E-state index in [0.717, 1.165) is 87.4 Å². The van der Waals surface area contributed by atoms with E-state index in [9.17, 15) is 4.79 Å². The van der Waals surface area contributed by atoms with Gasteiger partial charge in [-0.2, -0.15) is 0 Å². The molecule has 2 unspecified atom stereocenters. The Kier molecular flexibility index (Phi) is 7.69. The molecule has 0 aromatic carbocycles. The molecule has 2 aliphatic heterocycles. The van der Waals surface area contributed by atoms with Gasteiger partial charge in [0, 0.05) is 69.1 Å². The SMILES string of the molecule is CCCCCCOC(C)c1c(C)c2cc3nc(c4c5nc(cc6[nH]c(cc1[nH]2)c(C)c6CC)C(C)=C5C(=O)C4)CC3C. The van der Waals surface area contributed by atoms with Crippen LogP contribution in [0.3, 0.4) is 0 Å².